The Morgan fingerprint density at radius 3 is 2.31 bits per heavy atom. The zero-order valence-electron chi connectivity index (χ0n) is 39.9. The third-order valence-corrected chi connectivity index (χ3v) is 10.4. The Bertz CT molecular complexity index is 3170. The molecule has 3 aromatic heterocycles. The van der Waals surface area contributed by atoms with Crippen LogP contribution in [0.3, 0.4) is 0 Å². The minimum atomic E-state index is -2.33. The zero-order chi connectivity index (χ0) is 45.0. The van der Waals surface area contributed by atoms with E-state index in [0.717, 1.165) is 52.0 Å². The van der Waals surface area contributed by atoms with Crippen LogP contribution in [0, 0.1) is 32.7 Å². The van der Waals surface area contributed by atoms with Gasteiger partial charge in [-0.1, -0.05) is 128 Å². The molecule has 1 aliphatic carbocycles. The van der Waals surface area contributed by atoms with E-state index >= 15 is 0 Å². The molecule has 0 bridgehead atoms. The quantitative estimate of drug-likeness (QED) is 0.130. The zero-order valence-corrected chi connectivity index (χ0v) is 32.3. The predicted molar refractivity (Wildman–Crippen MR) is 225 cm³/mol. The summed E-state index contributed by atoms with van der Waals surface area (Å²) in [6.07, 6.45) is 6.99. The van der Waals surface area contributed by atoms with E-state index < -0.39 is 26.4 Å². The van der Waals surface area contributed by atoms with E-state index in [-0.39, 0.29) is 36.8 Å². The molecule has 1 saturated carbocycles. The Kier molecular flexibility index (Phi) is 7.56. The first-order chi connectivity index (χ1) is 30.5. The number of aromatic nitrogens is 2. The average Bonchev–Trinajstić information content (AvgIpc) is 3.65. The number of benzene rings is 6. The van der Waals surface area contributed by atoms with Crippen LogP contribution < -0.4 is 0 Å². The summed E-state index contributed by atoms with van der Waals surface area (Å²) in [5.41, 5.74) is 6.34. The maximum Gasteiger partial charge on any atom is 0.121 e. The topological polar surface area (TPSA) is 38.9 Å². The first kappa shape index (κ1) is 26.4. The van der Waals surface area contributed by atoms with Crippen LogP contribution in [0.5, 0.6) is 0 Å². The molecule has 4 heteroatoms. The first-order valence-electron chi connectivity index (χ1n) is 23.3. The van der Waals surface area contributed by atoms with Crippen LogP contribution in [0.1, 0.15) is 74.0 Å². The van der Waals surface area contributed by atoms with Crippen LogP contribution in [0.2, 0.25) is 0 Å². The molecule has 0 aliphatic heterocycles. The molecule has 0 unspecified atom stereocenters. The van der Waals surface area contributed by atoms with Crippen molar-refractivity contribution in [3.8, 4) is 33.6 Å². The molecule has 6 aromatic carbocycles. The first-order valence-corrected chi connectivity index (χ1v) is 18.3. The van der Waals surface area contributed by atoms with Gasteiger partial charge in [-0.2, -0.15) is 0 Å². The summed E-state index contributed by atoms with van der Waals surface area (Å²) >= 11 is 0. The molecule has 10 rings (SSSR count). The van der Waals surface area contributed by atoms with Gasteiger partial charge >= 0.3 is 0 Å². The van der Waals surface area contributed by atoms with Gasteiger partial charge in [-0.3, -0.25) is 0 Å². The number of fused-ring (bicyclic) bond motifs is 6. The van der Waals surface area contributed by atoms with Gasteiger partial charge < -0.3 is 14.4 Å². The van der Waals surface area contributed by atoms with Gasteiger partial charge in [0.25, 0.3) is 0 Å². The number of rotatable bonds is 4. The number of hydrogen-bond acceptors (Lipinski definition) is 3. The predicted octanol–water partition coefficient (Wildman–Crippen LogP) is 13.9. The van der Waals surface area contributed by atoms with Crippen molar-refractivity contribution < 1.29 is 38.2 Å². The van der Waals surface area contributed by atoms with Crippen molar-refractivity contribution in [1.29, 1.82) is 0 Å². The van der Waals surface area contributed by atoms with Crippen LogP contribution in [0.25, 0.3) is 77.1 Å². The fourth-order valence-electron chi connectivity index (χ4n) is 7.61. The smallest absolute Gasteiger partial charge is 0.121 e. The Labute approximate surface area is 350 Å². The fraction of sp³-hybridized carbons (Fsp3) is 0.176. The van der Waals surface area contributed by atoms with E-state index in [1.807, 2.05) is 54.6 Å². The molecule has 3 nitrogen and oxygen atoms in total. The molecular formula is C51H42IrN2O-2. The van der Waals surface area contributed by atoms with Crippen LogP contribution in [-0.2, 0) is 20.1 Å². The molecule has 273 valence electrons. The minimum absolute atomic E-state index is 0. The summed E-state index contributed by atoms with van der Waals surface area (Å²) in [5.74, 6) is -0.930. The molecule has 55 heavy (non-hydrogen) atoms. The Morgan fingerprint density at radius 1 is 0.673 bits per heavy atom. The molecule has 9 aromatic rings. The molecule has 0 saturated heterocycles. The van der Waals surface area contributed by atoms with Crippen molar-refractivity contribution in [1.82, 2.24) is 9.97 Å². The second kappa shape index (κ2) is 15.7. The molecule has 1 fully saturated rings. The van der Waals surface area contributed by atoms with Gasteiger partial charge in [0.2, 0.25) is 0 Å². The van der Waals surface area contributed by atoms with E-state index in [1.165, 1.54) is 35.3 Å². The standard InChI is InChI=1S/C32H26NO.C19H16N.Ir/c1-20-19-33-30(17-27(20)21-8-3-2-4-9-21)26-13-7-12-25-29-16-23-15-14-22-10-5-6-11-24(22)28(23)18-31(29)34-32(25)26;1-14-8-11-19(20-13-14)17-10-9-15(2)18(12-17)16-6-4-3-5-7-16;/h5-7,10-12,14-19,21H,2-4,8-9H2,1H3;3-9,11-13H,1-2H3;/q2*-1;/i1D3,21D;1D3,2D3;. The molecule has 1 aliphatic rings. The van der Waals surface area contributed by atoms with Crippen molar-refractivity contribution in [3.05, 3.63) is 168 Å². The minimum Gasteiger partial charge on any atom is -0.501 e. The van der Waals surface area contributed by atoms with E-state index in [4.69, 9.17) is 16.8 Å². The molecule has 0 spiro atoms. The summed E-state index contributed by atoms with van der Waals surface area (Å²) in [4.78, 5) is 8.79. The maximum absolute atomic E-state index is 9.23. The Hall–Kier alpha value is -5.41. The summed E-state index contributed by atoms with van der Waals surface area (Å²) in [5, 5.41) is 6.62. The summed E-state index contributed by atoms with van der Waals surface area (Å²) in [6.45, 7) is -6.81. The van der Waals surface area contributed by atoms with E-state index in [2.05, 4.69) is 64.6 Å². The van der Waals surface area contributed by atoms with Gasteiger partial charge in [0.1, 0.15) is 5.58 Å². The van der Waals surface area contributed by atoms with Gasteiger partial charge in [0.05, 0.1) is 5.58 Å². The third-order valence-electron chi connectivity index (χ3n) is 10.4. The number of furan rings is 1. The third kappa shape index (κ3) is 7.25. The molecule has 0 amide bonds. The summed E-state index contributed by atoms with van der Waals surface area (Å²) in [6, 6.07) is 44.4. The average molecular weight is 901 g/mol. The Balaban J connectivity index is 0.000000188. The van der Waals surface area contributed by atoms with Gasteiger partial charge in [-0.25, -0.2) is 0 Å². The summed E-state index contributed by atoms with van der Waals surface area (Å²) < 4.78 is 85.6. The van der Waals surface area contributed by atoms with E-state index in [9.17, 15) is 1.37 Å². The second-order valence-corrected chi connectivity index (χ2v) is 13.8. The van der Waals surface area contributed by atoms with Gasteiger partial charge in [-0.15, -0.1) is 47.5 Å². The van der Waals surface area contributed by atoms with Crippen LogP contribution >= 0.6 is 0 Å². The monoisotopic (exact) mass is 901 g/mol. The molecule has 3 heterocycles. The van der Waals surface area contributed by atoms with Gasteiger partial charge in [0, 0.05) is 51.6 Å². The van der Waals surface area contributed by atoms with E-state index in [1.54, 1.807) is 12.1 Å². The molecule has 0 atom stereocenters. The number of pyridine rings is 2. The number of nitrogens with zero attached hydrogens (tertiary/aromatic N) is 2. The molecular weight excluding hydrogens is 849 g/mol. The largest absolute Gasteiger partial charge is 0.501 e. The Morgan fingerprint density at radius 2 is 1.49 bits per heavy atom. The van der Waals surface area contributed by atoms with Gasteiger partial charge in [0.15, 0.2) is 0 Å². The van der Waals surface area contributed by atoms with Gasteiger partial charge in [-0.05, 0) is 99.8 Å². The van der Waals surface area contributed by atoms with Crippen molar-refractivity contribution in [2.45, 2.75) is 58.6 Å². The number of hydrogen-bond donors (Lipinski definition) is 0. The van der Waals surface area contributed by atoms with Crippen molar-refractivity contribution >= 4 is 43.5 Å². The van der Waals surface area contributed by atoms with Crippen LogP contribution in [0.4, 0.5) is 0 Å². The van der Waals surface area contributed by atoms with Crippen LogP contribution in [0.15, 0.2) is 138 Å². The second-order valence-electron chi connectivity index (χ2n) is 13.8. The summed E-state index contributed by atoms with van der Waals surface area (Å²) in [7, 11) is 0. The maximum atomic E-state index is 9.23. The molecule has 1 radical (unpaired) electrons. The van der Waals surface area contributed by atoms with Crippen molar-refractivity contribution in [2.24, 2.45) is 0 Å². The molecule has 0 N–H and O–H groups in total. The van der Waals surface area contributed by atoms with Crippen LogP contribution in [-0.4, -0.2) is 9.97 Å². The van der Waals surface area contributed by atoms with E-state index in [0.29, 0.717) is 52.1 Å². The SMILES string of the molecule is [2H]C([2H])([2H])c1ccc(-c2[c-]cc(C([2H])([2H])[2H])c(-c3ccccc3)c2)nc1.[2H]C([2H])([2H])c1cnc(-c2[c-]ccc3c2oc2cc4c(ccc5ccccc54)cc23)cc1C1([2H])CCCCC1.[Ir]. The normalized spacial score (nSPS) is 17.1. The fourth-order valence-corrected chi connectivity index (χ4v) is 7.61. The number of aryl methyl sites for hydroxylation is 3. The van der Waals surface area contributed by atoms with Crippen molar-refractivity contribution in [2.75, 3.05) is 0 Å². The van der Waals surface area contributed by atoms with Crippen molar-refractivity contribution in [3.63, 3.8) is 0 Å².